The molecule has 0 saturated carbocycles. The molecule has 0 unspecified atom stereocenters. The highest BCUT2D eigenvalue weighted by Crippen LogP contribution is 2.31. The van der Waals surface area contributed by atoms with Crippen LogP contribution in [0.1, 0.15) is 0 Å². The molecule has 1 aromatic heterocycles. The molecule has 0 bridgehead atoms. The van der Waals surface area contributed by atoms with Gasteiger partial charge in [0, 0.05) is 5.69 Å². The van der Waals surface area contributed by atoms with Gasteiger partial charge in [0.05, 0.1) is 7.11 Å². The molecule has 1 heterocycles. The molecule has 2 aromatic carbocycles. The van der Waals surface area contributed by atoms with Gasteiger partial charge in [0.15, 0.2) is 5.82 Å². The van der Waals surface area contributed by atoms with Gasteiger partial charge in [-0.15, -0.1) is 0 Å². The first-order chi connectivity index (χ1) is 11.3. The third-order valence-corrected chi connectivity index (χ3v) is 3.16. The van der Waals surface area contributed by atoms with E-state index in [4.69, 9.17) is 15.2 Å². The molecule has 3 rings (SSSR count). The van der Waals surface area contributed by atoms with Gasteiger partial charge >= 0.3 is 0 Å². The van der Waals surface area contributed by atoms with Gasteiger partial charge in [-0.1, -0.05) is 18.2 Å². The van der Waals surface area contributed by atoms with E-state index in [1.54, 1.807) is 31.4 Å². The second-order valence-corrected chi connectivity index (χ2v) is 4.71. The number of nitrogens with zero attached hydrogens (tertiary/aromatic N) is 2. The Bertz CT molecular complexity index is 776. The lowest BCUT2D eigenvalue weighted by molar-refractivity contribution is 0.412. The number of hydrogen-bond acceptors (Lipinski definition) is 6. The standard InChI is InChI=1S/C17H16N4O2/c1-22-13-7-9-14(10-8-13)23-17-15(18)16(19-11-20-17)21-12-5-3-2-4-6-12/h2-11H,18H2,1H3,(H,19,20,21). The van der Waals surface area contributed by atoms with Crippen molar-refractivity contribution in [3.05, 3.63) is 60.9 Å². The van der Waals surface area contributed by atoms with Crippen LogP contribution >= 0.6 is 0 Å². The van der Waals surface area contributed by atoms with E-state index in [1.165, 1.54) is 6.33 Å². The number of anilines is 3. The first-order valence-corrected chi connectivity index (χ1v) is 7.00. The van der Waals surface area contributed by atoms with Gasteiger partial charge in [-0.05, 0) is 36.4 Å². The van der Waals surface area contributed by atoms with Crippen LogP contribution in [0.4, 0.5) is 17.2 Å². The zero-order chi connectivity index (χ0) is 16.1. The Morgan fingerprint density at radius 3 is 2.30 bits per heavy atom. The number of nitrogen functional groups attached to an aromatic ring is 1. The van der Waals surface area contributed by atoms with Crippen molar-refractivity contribution in [1.82, 2.24) is 9.97 Å². The van der Waals surface area contributed by atoms with Crippen LogP contribution in [0.15, 0.2) is 60.9 Å². The van der Waals surface area contributed by atoms with E-state index in [0.29, 0.717) is 23.1 Å². The molecular formula is C17H16N4O2. The quantitative estimate of drug-likeness (QED) is 0.749. The minimum atomic E-state index is 0.295. The molecule has 6 nitrogen and oxygen atoms in total. The monoisotopic (exact) mass is 308 g/mol. The maximum absolute atomic E-state index is 6.10. The second kappa shape index (κ2) is 6.65. The van der Waals surface area contributed by atoms with Gasteiger partial charge in [0.25, 0.3) is 0 Å². The molecule has 3 aromatic rings. The van der Waals surface area contributed by atoms with Crippen LogP contribution in [0.25, 0.3) is 0 Å². The molecule has 6 heteroatoms. The van der Waals surface area contributed by atoms with E-state index < -0.39 is 0 Å². The summed E-state index contributed by atoms with van der Waals surface area (Å²) in [6.45, 7) is 0. The highest BCUT2D eigenvalue weighted by Gasteiger charge is 2.10. The molecule has 0 amide bonds. The number of ether oxygens (including phenoxy) is 2. The Morgan fingerprint density at radius 1 is 0.913 bits per heavy atom. The van der Waals surface area contributed by atoms with Crippen LogP contribution in [0, 0.1) is 0 Å². The van der Waals surface area contributed by atoms with Crippen molar-refractivity contribution in [2.24, 2.45) is 0 Å². The highest BCUT2D eigenvalue weighted by atomic mass is 16.5. The Balaban J connectivity index is 1.81. The highest BCUT2D eigenvalue weighted by molar-refractivity contribution is 5.72. The molecule has 0 saturated heterocycles. The van der Waals surface area contributed by atoms with Gasteiger partial charge in [-0.3, -0.25) is 0 Å². The number of methoxy groups -OCH3 is 1. The van der Waals surface area contributed by atoms with Crippen LogP contribution < -0.4 is 20.5 Å². The lowest BCUT2D eigenvalue weighted by Crippen LogP contribution is -2.03. The van der Waals surface area contributed by atoms with Crippen molar-refractivity contribution in [3.8, 4) is 17.4 Å². The van der Waals surface area contributed by atoms with Crippen LogP contribution in [-0.4, -0.2) is 17.1 Å². The van der Waals surface area contributed by atoms with Crippen LogP contribution in [-0.2, 0) is 0 Å². The minimum absolute atomic E-state index is 0.295. The number of nitrogens with two attached hydrogens (primary N) is 1. The number of para-hydroxylation sites is 1. The molecule has 3 N–H and O–H groups in total. The summed E-state index contributed by atoms with van der Waals surface area (Å²) in [4.78, 5) is 8.24. The number of hydrogen-bond donors (Lipinski definition) is 2. The summed E-state index contributed by atoms with van der Waals surface area (Å²) < 4.78 is 10.8. The Labute approximate surface area is 133 Å². The molecule has 23 heavy (non-hydrogen) atoms. The van der Waals surface area contributed by atoms with Crippen molar-refractivity contribution in [1.29, 1.82) is 0 Å². The lowest BCUT2D eigenvalue weighted by Gasteiger charge is -2.12. The molecule has 0 spiro atoms. The van der Waals surface area contributed by atoms with E-state index in [0.717, 1.165) is 11.4 Å². The lowest BCUT2D eigenvalue weighted by atomic mass is 10.3. The summed E-state index contributed by atoms with van der Waals surface area (Å²) >= 11 is 0. The van der Waals surface area contributed by atoms with Crippen molar-refractivity contribution < 1.29 is 9.47 Å². The largest absolute Gasteiger partial charge is 0.497 e. The van der Waals surface area contributed by atoms with Gasteiger partial charge in [0.2, 0.25) is 5.88 Å². The first kappa shape index (κ1) is 14.6. The maximum Gasteiger partial charge on any atom is 0.248 e. The topological polar surface area (TPSA) is 82.3 Å². The van der Waals surface area contributed by atoms with Gasteiger partial charge in [-0.2, -0.15) is 4.98 Å². The van der Waals surface area contributed by atoms with Gasteiger partial charge in [-0.25, -0.2) is 4.98 Å². The number of nitrogens with one attached hydrogen (secondary N) is 1. The van der Waals surface area contributed by atoms with Crippen molar-refractivity contribution in [3.63, 3.8) is 0 Å². The molecule has 0 atom stereocenters. The molecule has 0 aliphatic rings. The summed E-state index contributed by atoms with van der Waals surface area (Å²) in [5.41, 5.74) is 7.32. The summed E-state index contributed by atoms with van der Waals surface area (Å²) in [7, 11) is 1.61. The number of rotatable bonds is 5. The summed E-state index contributed by atoms with van der Waals surface area (Å²) in [6, 6.07) is 16.8. The molecule has 0 radical (unpaired) electrons. The summed E-state index contributed by atoms with van der Waals surface area (Å²) in [5, 5.41) is 3.14. The molecule has 116 valence electrons. The summed E-state index contributed by atoms with van der Waals surface area (Å²) in [5.74, 6) is 2.15. The normalized spacial score (nSPS) is 10.1. The van der Waals surface area contributed by atoms with Gasteiger partial charge < -0.3 is 20.5 Å². The van der Waals surface area contributed by atoms with E-state index in [2.05, 4.69) is 15.3 Å². The summed E-state index contributed by atoms with van der Waals surface area (Å²) in [6.07, 6.45) is 1.40. The van der Waals surface area contributed by atoms with Crippen molar-refractivity contribution in [2.45, 2.75) is 0 Å². The average Bonchev–Trinajstić information content (AvgIpc) is 2.60. The van der Waals surface area contributed by atoms with E-state index in [-0.39, 0.29) is 0 Å². The molecular weight excluding hydrogens is 292 g/mol. The van der Waals surface area contributed by atoms with E-state index >= 15 is 0 Å². The third-order valence-electron chi connectivity index (χ3n) is 3.16. The second-order valence-electron chi connectivity index (χ2n) is 4.71. The third kappa shape index (κ3) is 3.49. The number of aromatic nitrogens is 2. The Hall–Kier alpha value is -3.28. The minimum Gasteiger partial charge on any atom is -0.497 e. The predicted molar refractivity (Wildman–Crippen MR) is 89.2 cm³/mol. The SMILES string of the molecule is COc1ccc(Oc2ncnc(Nc3ccccc3)c2N)cc1. The first-order valence-electron chi connectivity index (χ1n) is 7.00. The Morgan fingerprint density at radius 2 is 1.61 bits per heavy atom. The maximum atomic E-state index is 6.10. The fraction of sp³-hybridized carbons (Fsp3) is 0.0588. The zero-order valence-corrected chi connectivity index (χ0v) is 12.6. The predicted octanol–water partition coefficient (Wildman–Crippen LogP) is 3.60. The van der Waals surface area contributed by atoms with Crippen LogP contribution in [0.3, 0.4) is 0 Å². The molecule has 0 aliphatic carbocycles. The fourth-order valence-electron chi connectivity index (χ4n) is 1.97. The zero-order valence-electron chi connectivity index (χ0n) is 12.6. The number of benzene rings is 2. The van der Waals surface area contributed by atoms with Crippen LogP contribution in [0.2, 0.25) is 0 Å². The van der Waals surface area contributed by atoms with E-state index in [1.807, 2.05) is 30.3 Å². The molecule has 0 aliphatic heterocycles. The Kier molecular flexibility index (Phi) is 4.24. The van der Waals surface area contributed by atoms with Crippen molar-refractivity contribution >= 4 is 17.2 Å². The van der Waals surface area contributed by atoms with Gasteiger partial charge in [0.1, 0.15) is 23.5 Å². The van der Waals surface area contributed by atoms with Crippen LogP contribution in [0.5, 0.6) is 17.4 Å². The van der Waals surface area contributed by atoms with Crippen molar-refractivity contribution in [2.75, 3.05) is 18.2 Å². The fourth-order valence-corrected chi connectivity index (χ4v) is 1.97. The smallest absolute Gasteiger partial charge is 0.248 e. The van der Waals surface area contributed by atoms with E-state index in [9.17, 15) is 0 Å². The average molecular weight is 308 g/mol. The molecule has 0 fully saturated rings.